The number of carbonyl (C=O) groups is 1. The lowest BCUT2D eigenvalue weighted by molar-refractivity contribution is 0.204. The van der Waals surface area contributed by atoms with Crippen LogP contribution >= 0.6 is 0 Å². The molecule has 2 N–H and O–H groups in total. The predicted molar refractivity (Wildman–Crippen MR) is 53.7 cm³/mol. The van der Waals surface area contributed by atoms with Gasteiger partial charge in [-0.25, -0.2) is 4.79 Å². The summed E-state index contributed by atoms with van der Waals surface area (Å²) in [6.07, 6.45) is 3.48. The number of nitrogens with one attached hydrogen (secondary N) is 2. The Hall–Kier alpha value is -1.52. The molecule has 0 aliphatic rings. The van der Waals surface area contributed by atoms with Gasteiger partial charge in [0.25, 0.3) is 0 Å². The van der Waals surface area contributed by atoms with Crippen molar-refractivity contribution in [3.8, 4) is 0 Å². The topological polar surface area (TPSA) is 61.0 Å². The van der Waals surface area contributed by atoms with E-state index in [2.05, 4.69) is 15.5 Å². The van der Waals surface area contributed by atoms with Gasteiger partial charge < -0.3 is 10.2 Å². The lowest BCUT2D eigenvalue weighted by atomic mass is 10.3. The van der Waals surface area contributed by atoms with Crippen LogP contribution in [0.4, 0.5) is 4.79 Å². The first-order chi connectivity index (χ1) is 6.59. The summed E-state index contributed by atoms with van der Waals surface area (Å²) in [6, 6.07) is 0.0931. The molecule has 14 heavy (non-hydrogen) atoms. The highest BCUT2D eigenvalue weighted by Gasteiger charge is 2.09. The van der Waals surface area contributed by atoms with Crippen molar-refractivity contribution in [1.29, 1.82) is 0 Å². The smallest absolute Gasteiger partial charge is 0.317 e. The Bertz CT molecular complexity index is 281. The van der Waals surface area contributed by atoms with Gasteiger partial charge in [-0.05, 0) is 13.8 Å². The fourth-order valence-corrected chi connectivity index (χ4v) is 1.07. The van der Waals surface area contributed by atoms with Crippen LogP contribution in [-0.2, 0) is 6.54 Å². The van der Waals surface area contributed by atoms with E-state index in [1.807, 2.05) is 13.8 Å². The number of hydrogen-bond acceptors (Lipinski definition) is 2. The van der Waals surface area contributed by atoms with Gasteiger partial charge in [0, 0.05) is 24.8 Å². The quantitative estimate of drug-likeness (QED) is 0.756. The third-order valence-electron chi connectivity index (χ3n) is 1.73. The minimum absolute atomic E-state index is 0.0683. The largest absolute Gasteiger partial charge is 0.336 e. The highest BCUT2D eigenvalue weighted by atomic mass is 16.2. The Labute approximate surface area is 83.5 Å². The summed E-state index contributed by atoms with van der Waals surface area (Å²) >= 11 is 0. The molecule has 0 fully saturated rings. The molecule has 0 spiro atoms. The maximum Gasteiger partial charge on any atom is 0.317 e. The number of H-pyrrole nitrogens is 1. The highest BCUT2D eigenvalue weighted by Crippen LogP contribution is 1.99. The predicted octanol–water partition coefficient (Wildman–Crippen LogP) is 0.959. The Morgan fingerprint density at radius 2 is 2.43 bits per heavy atom. The number of urea groups is 1. The summed E-state index contributed by atoms with van der Waals surface area (Å²) in [4.78, 5) is 13.1. The lowest BCUT2D eigenvalue weighted by Gasteiger charge is -2.18. The van der Waals surface area contributed by atoms with E-state index in [-0.39, 0.29) is 12.1 Å². The van der Waals surface area contributed by atoms with Crippen LogP contribution in [0, 0.1) is 0 Å². The van der Waals surface area contributed by atoms with Crippen LogP contribution < -0.4 is 5.32 Å². The molecule has 0 bridgehead atoms. The summed E-state index contributed by atoms with van der Waals surface area (Å²) in [5.41, 5.74) is 0.992. The van der Waals surface area contributed by atoms with E-state index in [1.54, 1.807) is 24.3 Å². The van der Waals surface area contributed by atoms with Gasteiger partial charge in [-0.2, -0.15) is 5.10 Å². The van der Waals surface area contributed by atoms with E-state index in [4.69, 9.17) is 0 Å². The van der Waals surface area contributed by atoms with Crippen LogP contribution in [0.1, 0.15) is 19.4 Å². The molecule has 5 heteroatoms. The van der Waals surface area contributed by atoms with Crippen LogP contribution in [-0.4, -0.2) is 34.2 Å². The van der Waals surface area contributed by atoms with Gasteiger partial charge in [0.2, 0.25) is 0 Å². The van der Waals surface area contributed by atoms with Gasteiger partial charge in [0.15, 0.2) is 0 Å². The van der Waals surface area contributed by atoms with Crippen molar-refractivity contribution in [3.63, 3.8) is 0 Å². The van der Waals surface area contributed by atoms with E-state index in [9.17, 15) is 4.79 Å². The monoisotopic (exact) mass is 196 g/mol. The van der Waals surface area contributed by atoms with E-state index >= 15 is 0 Å². The zero-order chi connectivity index (χ0) is 10.6. The summed E-state index contributed by atoms with van der Waals surface area (Å²) in [5.74, 6) is 0. The Morgan fingerprint density at radius 1 is 1.71 bits per heavy atom. The van der Waals surface area contributed by atoms with Gasteiger partial charge in [0.05, 0.1) is 12.7 Å². The van der Waals surface area contributed by atoms with E-state index < -0.39 is 0 Å². The van der Waals surface area contributed by atoms with Crippen LogP contribution in [0.2, 0.25) is 0 Å². The number of aromatic amines is 1. The molecule has 0 atom stereocenters. The van der Waals surface area contributed by atoms with Gasteiger partial charge in [-0.15, -0.1) is 0 Å². The van der Waals surface area contributed by atoms with E-state index in [1.165, 1.54) is 0 Å². The van der Waals surface area contributed by atoms with Crippen molar-refractivity contribution in [1.82, 2.24) is 20.4 Å². The van der Waals surface area contributed by atoms with E-state index in [0.29, 0.717) is 6.54 Å². The van der Waals surface area contributed by atoms with Crippen molar-refractivity contribution in [2.45, 2.75) is 26.4 Å². The second-order valence-electron chi connectivity index (χ2n) is 3.57. The van der Waals surface area contributed by atoms with Crippen LogP contribution in [0.25, 0.3) is 0 Å². The first-order valence-electron chi connectivity index (χ1n) is 4.59. The average molecular weight is 196 g/mol. The molecule has 0 saturated carbocycles. The molecule has 5 nitrogen and oxygen atoms in total. The number of aromatic nitrogens is 2. The van der Waals surface area contributed by atoms with Crippen molar-refractivity contribution < 1.29 is 4.79 Å². The normalized spacial score (nSPS) is 10.3. The molecule has 0 aromatic carbocycles. The van der Waals surface area contributed by atoms with Crippen LogP contribution in [0.5, 0.6) is 0 Å². The minimum atomic E-state index is -0.0683. The number of hydrogen-bond donors (Lipinski definition) is 2. The number of carbonyl (C=O) groups excluding carboxylic acids is 1. The second kappa shape index (κ2) is 4.64. The van der Waals surface area contributed by atoms with Gasteiger partial charge >= 0.3 is 6.03 Å². The maximum absolute atomic E-state index is 11.5. The first-order valence-corrected chi connectivity index (χ1v) is 4.59. The summed E-state index contributed by atoms with van der Waals surface area (Å²) < 4.78 is 0. The van der Waals surface area contributed by atoms with Crippen LogP contribution in [0.3, 0.4) is 0 Å². The first kappa shape index (κ1) is 10.6. The third-order valence-corrected chi connectivity index (χ3v) is 1.73. The summed E-state index contributed by atoms with van der Waals surface area (Å²) in [7, 11) is 1.75. The molecule has 78 valence electrons. The number of nitrogens with zero attached hydrogens (tertiary/aromatic N) is 2. The summed E-state index contributed by atoms with van der Waals surface area (Å²) in [5, 5.41) is 9.33. The van der Waals surface area contributed by atoms with Crippen molar-refractivity contribution >= 4 is 6.03 Å². The molecule has 0 aliphatic carbocycles. The third kappa shape index (κ3) is 3.08. The van der Waals surface area contributed by atoms with Crippen LogP contribution in [0.15, 0.2) is 12.4 Å². The zero-order valence-corrected chi connectivity index (χ0v) is 8.74. The average Bonchev–Trinajstić information content (AvgIpc) is 2.55. The molecule has 0 saturated heterocycles. The second-order valence-corrected chi connectivity index (χ2v) is 3.57. The molecule has 1 rings (SSSR count). The van der Waals surface area contributed by atoms with Gasteiger partial charge in [-0.1, -0.05) is 0 Å². The fraction of sp³-hybridized carbons (Fsp3) is 0.556. The molecule has 0 aliphatic heterocycles. The highest BCUT2D eigenvalue weighted by molar-refractivity contribution is 5.74. The minimum Gasteiger partial charge on any atom is -0.336 e. The number of rotatable bonds is 3. The molecule has 1 aromatic rings. The standard InChI is InChI=1S/C9H16N4O/c1-7(2)12-9(14)13(3)6-8-4-10-11-5-8/h4-5,7H,6H2,1-3H3,(H,10,11)(H,12,14). The molecule has 1 aromatic heterocycles. The molecule has 2 amide bonds. The molecular formula is C9H16N4O. The van der Waals surface area contributed by atoms with Gasteiger partial charge in [-0.3, -0.25) is 5.10 Å². The van der Waals surface area contributed by atoms with Crippen molar-refractivity contribution in [2.24, 2.45) is 0 Å². The zero-order valence-electron chi connectivity index (χ0n) is 8.74. The van der Waals surface area contributed by atoms with Crippen molar-refractivity contribution in [2.75, 3.05) is 7.05 Å². The van der Waals surface area contributed by atoms with Crippen molar-refractivity contribution in [3.05, 3.63) is 18.0 Å². The lowest BCUT2D eigenvalue weighted by Crippen LogP contribution is -2.40. The number of amides is 2. The molecule has 0 unspecified atom stereocenters. The Morgan fingerprint density at radius 3 is 2.93 bits per heavy atom. The summed E-state index contributed by atoms with van der Waals surface area (Å²) in [6.45, 7) is 4.43. The molecular weight excluding hydrogens is 180 g/mol. The maximum atomic E-state index is 11.5. The fourth-order valence-electron chi connectivity index (χ4n) is 1.07. The molecule has 1 heterocycles. The Kier molecular flexibility index (Phi) is 3.50. The Balaban J connectivity index is 2.42. The van der Waals surface area contributed by atoms with E-state index in [0.717, 1.165) is 5.56 Å². The molecule has 0 radical (unpaired) electrons. The SMILES string of the molecule is CC(C)NC(=O)N(C)Cc1cn[nH]c1. The van der Waals surface area contributed by atoms with Gasteiger partial charge in [0.1, 0.15) is 0 Å².